The minimum atomic E-state index is -0.00757. The normalized spacial score (nSPS) is 13.9. The van der Waals surface area contributed by atoms with Gasteiger partial charge in [0.2, 0.25) is 5.91 Å². The van der Waals surface area contributed by atoms with Gasteiger partial charge in [-0.2, -0.15) is 0 Å². The van der Waals surface area contributed by atoms with Crippen molar-refractivity contribution in [2.75, 3.05) is 54.1 Å². The second-order valence-corrected chi connectivity index (χ2v) is 5.31. The number of hydrogen-bond donors (Lipinski definition) is 2. The number of carbonyl (C=O) groups is 1. The number of benzene rings is 1. The Labute approximate surface area is 161 Å². The van der Waals surface area contributed by atoms with Crippen molar-refractivity contribution in [3.8, 4) is 17.2 Å². The minimum absolute atomic E-state index is 0. The number of carbonyl (C=O) groups excluding carboxylic acids is 1. The van der Waals surface area contributed by atoms with E-state index in [1.54, 1.807) is 33.5 Å². The summed E-state index contributed by atoms with van der Waals surface area (Å²) in [7, 11) is 4.75. The average Bonchev–Trinajstić information content (AvgIpc) is 2.59. The molecular formula is C16H27Cl2N3O4. The fourth-order valence-electron chi connectivity index (χ4n) is 2.57. The molecule has 1 amide bonds. The molecule has 1 aromatic rings. The highest BCUT2D eigenvalue weighted by atomic mass is 35.5. The van der Waals surface area contributed by atoms with E-state index in [0.717, 1.165) is 31.7 Å². The highest BCUT2D eigenvalue weighted by Gasteiger charge is 2.16. The number of amides is 1. The molecule has 0 aliphatic carbocycles. The third-order valence-corrected chi connectivity index (χ3v) is 3.86. The minimum Gasteiger partial charge on any atom is -0.496 e. The molecule has 25 heavy (non-hydrogen) atoms. The Morgan fingerprint density at radius 1 is 1.08 bits per heavy atom. The molecule has 1 heterocycles. The molecule has 0 atom stereocenters. The van der Waals surface area contributed by atoms with Gasteiger partial charge in [-0.3, -0.25) is 9.69 Å². The van der Waals surface area contributed by atoms with Crippen LogP contribution in [0.4, 0.5) is 0 Å². The fraction of sp³-hybridized carbons (Fsp3) is 0.562. The molecule has 9 heteroatoms. The van der Waals surface area contributed by atoms with Crippen LogP contribution in [0.15, 0.2) is 12.1 Å². The second kappa shape index (κ2) is 12.0. The van der Waals surface area contributed by atoms with Gasteiger partial charge < -0.3 is 24.8 Å². The molecular weight excluding hydrogens is 369 g/mol. The van der Waals surface area contributed by atoms with Crippen LogP contribution in [0.2, 0.25) is 0 Å². The zero-order valence-electron chi connectivity index (χ0n) is 14.8. The number of piperazine rings is 1. The molecule has 0 bridgehead atoms. The molecule has 0 saturated carbocycles. The van der Waals surface area contributed by atoms with Gasteiger partial charge in [0.1, 0.15) is 17.2 Å². The third kappa shape index (κ3) is 6.78. The number of nitrogens with zero attached hydrogens (tertiary/aromatic N) is 1. The average molecular weight is 396 g/mol. The Morgan fingerprint density at radius 3 is 2.12 bits per heavy atom. The van der Waals surface area contributed by atoms with E-state index in [-0.39, 0.29) is 30.7 Å². The third-order valence-electron chi connectivity index (χ3n) is 3.86. The van der Waals surface area contributed by atoms with Crippen molar-refractivity contribution in [3.05, 3.63) is 17.7 Å². The number of halogens is 2. The summed E-state index contributed by atoms with van der Waals surface area (Å²) in [4.78, 5) is 14.3. The van der Waals surface area contributed by atoms with Crippen LogP contribution >= 0.6 is 24.8 Å². The van der Waals surface area contributed by atoms with Gasteiger partial charge in [0.15, 0.2) is 0 Å². The maximum atomic E-state index is 12.1. The van der Waals surface area contributed by atoms with Crippen LogP contribution in [0.5, 0.6) is 17.2 Å². The molecule has 0 aromatic heterocycles. The smallest absolute Gasteiger partial charge is 0.234 e. The summed E-state index contributed by atoms with van der Waals surface area (Å²) in [5, 5.41) is 6.20. The molecule has 1 aliphatic rings. The number of hydrogen-bond acceptors (Lipinski definition) is 6. The van der Waals surface area contributed by atoms with E-state index in [9.17, 15) is 4.79 Å². The van der Waals surface area contributed by atoms with Crippen molar-refractivity contribution in [1.82, 2.24) is 15.5 Å². The number of nitrogens with one attached hydrogen (secondary N) is 2. The van der Waals surface area contributed by atoms with Crippen LogP contribution in [0, 0.1) is 0 Å². The van der Waals surface area contributed by atoms with Crippen LogP contribution in [0.3, 0.4) is 0 Å². The van der Waals surface area contributed by atoms with Gasteiger partial charge in [-0.15, -0.1) is 24.8 Å². The first-order valence-electron chi connectivity index (χ1n) is 7.66. The second-order valence-electron chi connectivity index (χ2n) is 5.31. The molecule has 144 valence electrons. The Kier molecular flexibility index (Phi) is 11.3. The van der Waals surface area contributed by atoms with Crippen molar-refractivity contribution in [3.63, 3.8) is 0 Å². The summed E-state index contributed by atoms with van der Waals surface area (Å²) in [6.45, 7) is 4.38. The molecule has 7 nitrogen and oxygen atoms in total. The van der Waals surface area contributed by atoms with Gasteiger partial charge in [-0.25, -0.2) is 0 Å². The van der Waals surface area contributed by atoms with Crippen molar-refractivity contribution in [2.24, 2.45) is 0 Å². The monoisotopic (exact) mass is 395 g/mol. The fourth-order valence-corrected chi connectivity index (χ4v) is 2.57. The van der Waals surface area contributed by atoms with E-state index in [2.05, 4.69) is 15.5 Å². The summed E-state index contributed by atoms with van der Waals surface area (Å²) < 4.78 is 16.0. The molecule has 1 fully saturated rings. The standard InChI is InChI=1S/C16H25N3O4.2ClH/c1-21-12-8-14(22-2)13(15(9-12)23-3)10-18-16(20)11-19-6-4-17-5-7-19;;/h8-9,17H,4-7,10-11H2,1-3H3,(H,18,20);2*1H. The zero-order valence-corrected chi connectivity index (χ0v) is 16.4. The van der Waals surface area contributed by atoms with Crippen LogP contribution in [0.25, 0.3) is 0 Å². The van der Waals surface area contributed by atoms with Crippen LogP contribution in [0.1, 0.15) is 5.56 Å². The van der Waals surface area contributed by atoms with E-state index in [0.29, 0.717) is 30.3 Å². The maximum Gasteiger partial charge on any atom is 0.234 e. The number of rotatable bonds is 7. The van der Waals surface area contributed by atoms with Gasteiger partial charge >= 0.3 is 0 Å². The van der Waals surface area contributed by atoms with Gasteiger partial charge in [-0.1, -0.05) is 0 Å². The molecule has 0 radical (unpaired) electrons. The van der Waals surface area contributed by atoms with Crippen LogP contribution < -0.4 is 24.8 Å². The highest BCUT2D eigenvalue weighted by molar-refractivity contribution is 5.85. The summed E-state index contributed by atoms with van der Waals surface area (Å²) >= 11 is 0. The van der Waals surface area contributed by atoms with E-state index in [1.807, 2.05) is 0 Å². The quantitative estimate of drug-likeness (QED) is 0.719. The molecule has 0 spiro atoms. The molecule has 1 aromatic carbocycles. The molecule has 0 unspecified atom stereocenters. The zero-order chi connectivity index (χ0) is 16.7. The molecule has 2 rings (SSSR count). The van der Waals surface area contributed by atoms with Crippen LogP contribution in [-0.2, 0) is 11.3 Å². The summed E-state index contributed by atoms with van der Waals surface area (Å²) in [5.74, 6) is 1.90. The molecule has 1 aliphatic heterocycles. The first-order chi connectivity index (χ1) is 11.2. The van der Waals surface area contributed by atoms with E-state index in [1.165, 1.54) is 0 Å². The Bertz CT molecular complexity index is 515. The van der Waals surface area contributed by atoms with Crippen molar-refractivity contribution in [2.45, 2.75) is 6.54 Å². The van der Waals surface area contributed by atoms with Gasteiger partial charge in [0.25, 0.3) is 0 Å². The van der Waals surface area contributed by atoms with Gasteiger partial charge in [0.05, 0.1) is 40.0 Å². The van der Waals surface area contributed by atoms with E-state index >= 15 is 0 Å². The summed E-state index contributed by atoms with van der Waals surface area (Å²) in [5.41, 5.74) is 0.796. The van der Waals surface area contributed by atoms with E-state index in [4.69, 9.17) is 14.2 Å². The van der Waals surface area contributed by atoms with E-state index < -0.39 is 0 Å². The van der Waals surface area contributed by atoms with Crippen LogP contribution in [-0.4, -0.2) is 64.9 Å². The maximum absolute atomic E-state index is 12.1. The molecule has 2 N–H and O–H groups in total. The first kappa shape index (κ1) is 23.6. The predicted molar refractivity (Wildman–Crippen MR) is 102 cm³/mol. The number of methoxy groups -OCH3 is 3. The largest absolute Gasteiger partial charge is 0.496 e. The lowest BCUT2D eigenvalue weighted by molar-refractivity contribution is -0.122. The predicted octanol–water partition coefficient (Wildman–Crippen LogP) is 1.08. The van der Waals surface area contributed by atoms with Gasteiger partial charge in [0, 0.05) is 38.3 Å². The van der Waals surface area contributed by atoms with Gasteiger partial charge in [-0.05, 0) is 0 Å². The Morgan fingerprint density at radius 2 is 1.64 bits per heavy atom. The lowest BCUT2D eigenvalue weighted by Gasteiger charge is -2.26. The van der Waals surface area contributed by atoms with Crippen molar-refractivity contribution >= 4 is 30.7 Å². The highest BCUT2D eigenvalue weighted by Crippen LogP contribution is 2.33. The summed E-state index contributed by atoms with van der Waals surface area (Å²) in [6.07, 6.45) is 0. The number of ether oxygens (including phenoxy) is 3. The Hall–Kier alpha value is -1.41. The van der Waals surface area contributed by atoms with Crippen molar-refractivity contribution in [1.29, 1.82) is 0 Å². The first-order valence-corrected chi connectivity index (χ1v) is 7.66. The summed E-state index contributed by atoms with van der Waals surface area (Å²) in [6, 6.07) is 3.56. The molecule has 1 saturated heterocycles. The lowest BCUT2D eigenvalue weighted by Crippen LogP contribution is -2.47. The topological polar surface area (TPSA) is 72.1 Å². The lowest BCUT2D eigenvalue weighted by atomic mass is 10.1. The Balaban J connectivity index is 0.00000288. The van der Waals surface area contributed by atoms with Crippen molar-refractivity contribution < 1.29 is 19.0 Å². The SMILES string of the molecule is COc1cc(OC)c(CNC(=O)CN2CCNCC2)c(OC)c1.Cl.Cl.